The fourth-order valence-corrected chi connectivity index (χ4v) is 2.90. The molecule has 8 heteroatoms. The molecule has 2 aromatic carbocycles. The number of methoxy groups -OCH3 is 1. The second-order valence-corrected chi connectivity index (χ2v) is 8.35. The molecular formula is C23H27N3O4S. The first-order valence-corrected chi connectivity index (χ1v) is 10.2. The molecule has 0 atom stereocenters. The number of hydrogen-bond acceptors (Lipinski definition) is 5. The van der Waals surface area contributed by atoms with Crippen molar-refractivity contribution >= 4 is 46.5 Å². The van der Waals surface area contributed by atoms with E-state index < -0.39 is 11.9 Å². The average molecular weight is 442 g/mol. The lowest BCUT2D eigenvalue weighted by atomic mass is 9.87. The summed E-state index contributed by atoms with van der Waals surface area (Å²) in [5, 5.41) is 8.32. The van der Waals surface area contributed by atoms with Crippen LogP contribution in [0.25, 0.3) is 0 Å². The van der Waals surface area contributed by atoms with Gasteiger partial charge in [-0.25, -0.2) is 0 Å². The van der Waals surface area contributed by atoms with Crippen LogP contribution in [0.1, 0.15) is 49.5 Å². The van der Waals surface area contributed by atoms with Crippen molar-refractivity contribution in [2.24, 2.45) is 0 Å². The van der Waals surface area contributed by atoms with Crippen LogP contribution in [0.15, 0.2) is 48.5 Å². The number of benzene rings is 2. The molecule has 2 aromatic rings. The van der Waals surface area contributed by atoms with Gasteiger partial charge in [0.1, 0.15) is 0 Å². The molecule has 0 fully saturated rings. The fraction of sp³-hybridized carbons (Fsp3) is 0.304. The molecule has 164 valence electrons. The van der Waals surface area contributed by atoms with Crippen molar-refractivity contribution in [3.05, 3.63) is 59.7 Å². The molecule has 3 N–H and O–H groups in total. The molecule has 0 heterocycles. The molecule has 0 aliphatic heterocycles. The van der Waals surface area contributed by atoms with E-state index in [2.05, 4.69) is 41.5 Å². The second-order valence-electron chi connectivity index (χ2n) is 7.94. The maximum absolute atomic E-state index is 12.6. The second kappa shape index (κ2) is 10.7. The molecule has 0 saturated carbocycles. The van der Waals surface area contributed by atoms with Gasteiger partial charge in [0.2, 0.25) is 5.91 Å². The smallest absolute Gasteiger partial charge is 0.306 e. The number of hydrogen-bond donors (Lipinski definition) is 3. The summed E-state index contributed by atoms with van der Waals surface area (Å²) in [4.78, 5) is 35.5. The molecule has 0 bridgehead atoms. The third kappa shape index (κ3) is 7.82. The molecule has 31 heavy (non-hydrogen) atoms. The Balaban J connectivity index is 1.94. The lowest BCUT2D eigenvalue weighted by Gasteiger charge is -2.19. The van der Waals surface area contributed by atoms with Crippen molar-refractivity contribution in [2.75, 3.05) is 17.7 Å². The summed E-state index contributed by atoms with van der Waals surface area (Å²) in [6, 6.07) is 14.5. The predicted octanol–water partition coefficient (Wildman–Crippen LogP) is 4.00. The van der Waals surface area contributed by atoms with Crippen LogP contribution >= 0.6 is 12.2 Å². The Bertz CT molecular complexity index is 966. The third-order valence-corrected chi connectivity index (χ3v) is 4.63. The monoisotopic (exact) mass is 441 g/mol. The maximum Gasteiger partial charge on any atom is 0.306 e. The van der Waals surface area contributed by atoms with E-state index >= 15 is 0 Å². The van der Waals surface area contributed by atoms with Crippen LogP contribution in [0, 0.1) is 0 Å². The molecule has 2 amide bonds. The van der Waals surface area contributed by atoms with Gasteiger partial charge in [0.05, 0.1) is 13.5 Å². The molecule has 0 unspecified atom stereocenters. The lowest BCUT2D eigenvalue weighted by molar-refractivity contribution is -0.142. The Labute approximate surface area is 187 Å². The van der Waals surface area contributed by atoms with E-state index in [4.69, 9.17) is 12.2 Å². The van der Waals surface area contributed by atoms with Crippen LogP contribution in [0.5, 0.6) is 0 Å². The number of thiocarbonyl (C=S) groups is 1. The SMILES string of the molecule is COC(=O)CCC(=O)NC(=S)Nc1cccc(NC(=O)c2ccc(C(C)(C)C)cc2)c1. The zero-order valence-corrected chi connectivity index (χ0v) is 18.9. The van der Waals surface area contributed by atoms with Crippen LogP contribution in [-0.2, 0) is 19.7 Å². The molecule has 0 aromatic heterocycles. The summed E-state index contributed by atoms with van der Waals surface area (Å²) in [5.41, 5.74) is 2.90. The lowest BCUT2D eigenvalue weighted by Crippen LogP contribution is -2.34. The van der Waals surface area contributed by atoms with E-state index in [-0.39, 0.29) is 29.3 Å². The summed E-state index contributed by atoms with van der Waals surface area (Å²) in [6.07, 6.45) is -0.0538. The largest absolute Gasteiger partial charge is 0.469 e. The highest BCUT2D eigenvalue weighted by Gasteiger charge is 2.14. The summed E-state index contributed by atoms with van der Waals surface area (Å²) in [6.45, 7) is 6.35. The highest BCUT2D eigenvalue weighted by Crippen LogP contribution is 2.23. The van der Waals surface area contributed by atoms with Gasteiger partial charge in [-0.15, -0.1) is 0 Å². The predicted molar refractivity (Wildman–Crippen MR) is 125 cm³/mol. The van der Waals surface area contributed by atoms with Crippen LogP contribution in [0.3, 0.4) is 0 Å². The molecule has 2 rings (SSSR count). The van der Waals surface area contributed by atoms with E-state index in [0.717, 1.165) is 5.56 Å². The normalized spacial score (nSPS) is 10.7. The first-order valence-electron chi connectivity index (χ1n) is 9.78. The van der Waals surface area contributed by atoms with Gasteiger partial charge in [0.25, 0.3) is 5.91 Å². The zero-order chi connectivity index (χ0) is 23.0. The van der Waals surface area contributed by atoms with Gasteiger partial charge < -0.3 is 20.7 Å². The van der Waals surface area contributed by atoms with Crippen LogP contribution in [-0.4, -0.2) is 30.0 Å². The number of esters is 1. The quantitative estimate of drug-likeness (QED) is 0.463. The Hall–Kier alpha value is -3.26. The topological polar surface area (TPSA) is 96.5 Å². The maximum atomic E-state index is 12.6. The number of rotatable bonds is 6. The summed E-state index contributed by atoms with van der Waals surface area (Å²) in [5.74, 6) is -1.09. The minimum absolute atomic E-state index is 0.0160. The highest BCUT2D eigenvalue weighted by atomic mass is 32.1. The molecule has 0 aliphatic carbocycles. The summed E-state index contributed by atoms with van der Waals surface area (Å²) < 4.78 is 4.50. The first-order chi connectivity index (χ1) is 14.6. The van der Waals surface area contributed by atoms with Gasteiger partial charge in [0.15, 0.2) is 5.11 Å². The van der Waals surface area contributed by atoms with Crippen molar-refractivity contribution in [3.8, 4) is 0 Å². The van der Waals surface area contributed by atoms with Crippen molar-refractivity contribution in [3.63, 3.8) is 0 Å². The molecule has 0 radical (unpaired) electrons. The summed E-state index contributed by atoms with van der Waals surface area (Å²) in [7, 11) is 1.26. The molecule has 0 aliphatic rings. The van der Waals surface area contributed by atoms with Crippen molar-refractivity contribution in [1.29, 1.82) is 0 Å². The molecule has 7 nitrogen and oxygen atoms in total. The molecular weight excluding hydrogens is 414 g/mol. The first kappa shape index (κ1) is 24.0. The number of carbonyl (C=O) groups excluding carboxylic acids is 3. The number of ether oxygens (including phenoxy) is 1. The molecule has 0 spiro atoms. The van der Waals surface area contributed by atoms with E-state index in [1.165, 1.54) is 7.11 Å². The Morgan fingerprint density at radius 1 is 0.935 bits per heavy atom. The van der Waals surface area contributed by atoms with Gasteiger partial charge in [-0.2, -0.15) is 0 Å². The van der Waals surface area contributed by atoms with E-state index in [1.54, 1.807) is 36.4 Å². The standard InChI is InChI=1S/C23H27N3O4S/c1-23(2,3)16-10-8-15(9-11-16)21(29)24-17-6-5-7-18(14-17)25-22(31)26-19(27)12-13-20(28)30-4/h5-11,14H,12-13H2,1-4H3,(H,24,29)(H2,25,26,27,31). The van der Waals surface area contributed by atoms with Gasteiger partial charge in [0, 0.05) is 23.4 Å². The minimum Gasteiger partial charge on any atom is -0.469 e. The average Bonchev–Trinajstić information content (AvgIpc) is 2.71. The van der Waals surface area contributed by atoms with Gasteiger partial charge in [-0.3, -0.25) is 14.4 Å². The van der Waals surface area contributed by atoms with Crippen LogP contribution < -0.4 is 16.0 Å². The van der Waals surface area contributed by atoms with Gasteiger partial charge in [-0.05, 0) is 53.5 Å². The number of anilines is 2. The number of nitrogens with one attached hydrogen (secondary N) is 3. The Kier molecular flexibility index (Phi) is 8.27. The van der Waals surface area contributed by atoms with Gasteiger partial charge in [-0.1, -0.05) is 39.0 Å². The molecule has 0 saturated heterocycles. The minimum atomic E-state index is -0.467. The Morgan fingerprint density at radius 3 is 2.13 bits per heavy atom. The summed E-state index contributed by atoms with van der Waals surface area (Å²) >= 11 is 5.12. The third-order valence-electron chi connectivity index (χ3n) is 4.43. The van der Waals surface area contributed by atoms with Crippen molar-refractivity contribution in [2.45, 2.75) is 39.0 Å². The Morgan fingerprint density at radius 2 is 1.55 bits per heavy atom. The zero-order valence-electron chi connectivity index (χ0n) is 18.1. The number of amides is 2. The van der Waals surface area contributed by atoms with Crippen LogP contribution in [0.2, 0.25) is 0 Å². The fourth-order valence-electron chi connectivity index (χ4n) is 2.67. The van der Waals surface area contributed by atoms with Gasteiger partial charge >= 0.3 is 5.97 Å². The highest BCUT2D eigenvalue weighted by molar-refractivity contribution is 7.80. The van der Waals surface area contributed by atoms with Crippen LogP contribution in [0.4, 0.5) is 11.4 Å². The number of carbonyl (C=O) groups is 3. The van der Waals surface area contributed by atoms with Crippen molar-refractivity contribution in [1.82, 2.24) is 5.32 Å². The van der Waals surface area contributed by atoms with E-state index in [1.807, 2.05) is 12.1 Å². The van der Waals surface area contributed by atoms with Crippen molar-refractivity contribution < 1.29 is 19.1 Å². The van der Waals surface area contributed by atoms with E-state index in [0.29, 0.717) is 16.9 Å². The van der Waals surface area contributed by atoms with E-state index in [9.17, 15) is 14.4 Å².